The monoisotopic (exact) mass is 453 g/mol. The molecule has 0 aliphatic carbocycles. The van der Waals surface area contributed by atoms with Crippen molar-refractivity contribution in [1.29, 1.82) is 0 Å². The molecule has 0 saturated carbocycles. The number of thioether (sulfide) groups is 1. The van der Waals surface area contributed by atoms with E-state index < -0.39 is 0 Å². The van der Waals surface area contributed by atoms with Gasteiger partial charge in [-0.2, -0.15) is 0 Å². The predicted molar refractivity (Wildman–Crippen MR) is 121 cm³/mol. The number of ether oxygens (including phenoxy) is 1. The molecule has 7 nitrogen and oxygen atoms in total. The van der Waals surface area contributed by atoms with E-state index in [4.69, 9.17) is 4.74 Å². The summed E-state index contributed by atoms with van der Waals surface area (Å²) in [5.74, 6) is 1.23. The number of halogens is 1. The van der Waals surface area contributed by atoms with E-state index in [0.29, 0.717) is 35.1 Å². The molecule has 3 aliphatic heterocycles. The number of pyridine rings is 3. The molecule has 0 aromatic carbocycles. The molecule has 6 heterocycles. The van der Waals surface area contributed by atoms with Gasteiger partial charge >= 0.3 is 0 Å². The lowest BCUT2D eigenvalue weighted by Crippen LogP contribution is -2.43. The fourth-order valence-electron chi connectivity index (χ4n) is 5.11. The molecular weight excluding hydrogens is 429 g/mol. The topological polar surface area (TPSA) is 72.3 Å². The number of piperidine rings is 1. The zero-order valence-electron chi connectivity index (χ0n) is 17.6. The average molecular weight is 454 g/mol. The van der Waals surface area contributed by atoms with Crippen molar-refractivity contribution in [1.82, 2.24) is 24.8 Å². The Kier molecular flexibility index (Phi) is 5.12. The Balaban J connectivity index is 1.07. The lowest BCUT2D eigenvalue weighted by atomic mass is 9.98. The predicted octanol–water partition coefficient (Wildman–Crippen LogP) is 2.72. The number of likely N-dealkylation sites (tertiary alicyclic amines) is 1. The Hall–Kier alpha value is -2.49. The van der Waals surface area contributed by atoms with E-state index in [1.54, 1.807) is 22.4 Å². The molecule has 32 heavy (non-hydrogen) atoms. The first-order valence-electron chi connectivity index (χ1n) is 11.0. The fourth-order valence-corrected chi connectivity index (χ4v) is 5.90. The van der Waals surface area contributed by atoms with Crippen LogP contribution in [0.25, 0.3) is 11.0 Å². The minimum atomic E-state index is -0.304. The number of hydrogen-bond donors (Lipinski definition) is 1. The Morgan fingerprint density at radius 1 is 1.22 bits per heavy atom. The summed E-state index contributed by atoms with van der Waals surface area (Å²) in [7, 11) is 0. The smallest absolute Gasteiger partial charge is 0.251 e. The van der Waals surface area contributed by atoms with Gasteiger partial charge in [0.2, 0.25) is 0 Å². The quantitative estimate of drug-likeness (QED) is 0.637. The molecule has 6 rings (SSSR count). The van der Waals surface area contributed by atoms with Gasteiger partial charge in [0.05, 0.1) is 34.0 Å². The average Bonchev–Trinajstić information content (AvgIpc) is 3.43. The molecular formula is C23H24FN5O2S. The van der Waals surface area contributed by atoms with Crippen LogP contribution in [0.1, 0.15) is 30.0 Å². The van der Waals surface area contributed by atoms with Crippen molar-refractivity contribution >= 4 is 22.8 Å². The summed E-state index contributed by atoms with van der Waals surface area (Å²) < 4.78 is 21.9. The molecule has 3 aliphatic rings. The van der Waals surface area contributed by atoms with Crippen molar-refractivity contribution < 1.29 is 9.13 Å². The van der Waals surface area contributed by atoms with E-state index in [9.17, 15) is 9.18 Å². The lowest BCUT2D eigenvalue weighted by Gasteiger charge is -2.34. The van der Waals surface area contributed by atoms with Crippen LogP contribution in [0.3, 0.4) is 0 Å². The van der Waals surface area contributed by atoms with Crippen LogP contribution in [0.5, 0.6) is 5.75 Å². The van der Waals surface area contributed by atoms with Crippen LogP contribution in [-0.2, 0) is 13.1 Å². The summed E-state index contributed by atoms with van der Waals surface area (Å²) in [6.07, 6.45) is 5.18. The number of aromatic nitrogens is 3. The van der Waals surface area contributed by atoms with Crippen molar-refractivity contribution in [3.8, 4) is 5.75 Å². The van der Waals surface area contributed by atoms with Crippen LogP contribution in [0.4, 0.5) is 4.39 Å². The van der Waals surface area contributed by atoms with Crippen molar-refractivity contribution in [2.75, 3.05) is 25.6 Å². The van der Waals surface area contributed by atoms with Gasteiger partial charge in [-0.15, -0.1) is 0 Å². The summed E-state index contributed by atoms with van der Waals surface area (Å²) in [5, 5.41) is 3.64. The van der Waals surface area contributed by atoms with Crippen LogP contribution in [0, 0.1) is 5.82 Å². The van der Waals surface area contributed by atoms with E-state index in [0.717, 1.165) is 50.5 Å². The normalized spacial score (nSPS) is 20.6. The first-order chi connectivity index (χ1) is 15.7. The molecule has 3 aromatic heterocycles. The highest BCUT2D eigenvalue weighted by Crippen LogP contribution is 2.36. The van der Waals surface area contributed by atoms with Crippen molar-refractivity contribution in [2.45, 2.75) is 42.8 Å². The number of nitrogens with zero attached hydrogens (tertiary/aromatic N) is 4. The second-order valence-electron chi connectivity index (χ2n) is 8.72. The lowest BCUT2D eigenvalue weighted by molar-refractivity contribution is 0.184. The second-order valence-corrected chi connectivity index (χ2v) is 9.68. The molecule has 1 N–H and O–H groups in total. The number of fused-ring (bicyclic) bond motifs is 1. The molecule has 1 fully saturated rings. The largest absolute Gasteiger partial charge is 0.480 e. The third kappa shape index (κ3) is 3.58. The zero-order valence-corrected chi connectivity index (χ0v) is 18.4. The second kappa shape index (κ2) is 8.13. The summed E-state index contributed by atoms with van der Waals surface area (Å²) in [6, 6.07) is 5.77. The van der Waals surface area contributed by atoms with Gasteiger partial charge in [-0.25, -0.2) is 4.39 Å². The summed E-state index contributed by atoms with van der Waals surface area (Å²) in [5.41, 5.74) is 2.97. The molecule has 1 saturated heterocycles. The van der Waals surface area contributed by atoms with E-state index in [2.05, 4.69) is 26.3 Å². The molecule has 0 spiro atoms. The Morgan fingerprint density at radius 3 is 2.97 bits per heavy atom. The van der Waals surface area contributed by atoms with Gasteiger partial charge in [0, 0.05) is 43.2 Å². The Bertz CT molecular complexity index is 1240. The van der Waals surface area contributed by atoms with E-state index in [-0.39, 0.29) is 17.3 Å². The molecule has 9 heteroatoms. The highest BCUT2D eigenvalue weighted by atomic mass is 32.2. The Morgan fingerprint density at radius 2 is 2.09 bits per heavy atom. The van der Waals surface area contributed by atoms with E-state index >= 15 is 0 Å². The van der Waals surface area contributed by atoms with Crippen molar-refractivity contribution in [3.05, 3.63) is 58.0 Å². The van der Waals surface area contributed by atoms with Gasteiger partial charge in [-0.1, -0.05) is 11.8 Å². The van der Waals surface area contributed by atoms with Crippen LogP contribution < -0.4 is 15.6 Å². The van der Waals surface area contributed by atoms with Gasteiger partial charge in [-0.05, 0) is 38.1 Å². The third-order valence-electron chi connectivity index (χ3n) is 6.76. The maximum absolute atomic E-state index is 14.7. The summed E-state index contributed by atoms with van der Waals surface area (Å²) in [4.78, 5) is 24.5. The van der Waals surface area contributed by atoms with Crippen LogP contribution >= 0.6 is 11.8 Å². The number of hydrogen-bond acceptors (Lipinski definition) is 7. The molecule has 0 bridgehead atoms. The maximum Gasteiger partial charge on any atom is 0.251 e. The van der Waals surface area contributed by atoms with Gasteiger partial charge < -0.3 is 19.5 Å². The van der Waals surface area contributed by atoms with Crippen LogP contribution in [-0.4, -0.2) is 51.0 Å². The molecule has 3 aromatic rings. The SMILES string of the molecule is O=c1ccc2ncc(F)c3c2n1C[C@H]3CN1CCC(NCc2cc3c(cn2)OCS3)CC1. The van der Waals surface area contributed by atoms with E-state index in [1.807, 2.05) is 6.20 Å². The molecule has 0 amide bonds. The van der Waals surface area contributed by atoms with Gasteiger partial charge in [0.1, 0.15) is 11.8 Å². The Labute approximate surface area is 189 Å². The molecule has 0 radical (unpaired) electrons. The van der Waals surface area contributed by atoms with Crippen LogP contribution in [0.15, 0.2) is 40.3 Å². The summed E-state index contributed by atoms with van der Waals surface area (Å²) >= 11 is 1.71. The minimum Gasteiger partial charge on any atom is -0.480 e. The highest BCUT2D eigenvalue weighted by molar-refractivity contribution is 7.99. The van der Waals surface area contributed by atoms with Gasteiger partial charge in [0.25, 0.3) is 5.56 Å². The van der Waals surface area contributed by atoms with Crippen molar-refractivity contribution in [3.63, 3.8) is 0 Å². The standard InChI is InChI=1S/C23H24FN5O2S/c24-17-9-27-18-1-2-21(30)29-12-14(22(17)23(18)29)11-28-5-3-15(4-6-28)25-8-16-7-20-19(10-26-16)31-13-32-20/h1-2,7,9-10,14-15,25H,3-6,8,11-13H2/t14-/m1/s1. The number of nitrogens with one attached hydrogen (secondary N) is 1. The van der Waals surface area contributed by atoms with Crippen LogP contribution in [0.2, 0.25) is 0 Å². The van der Waals surface area contributed by atoms with Gasteiger partial charge in [-0.3, -0.25) is 14.8 Å². The van der Waals surface area contributed by atoms with E-state index in [1.165, 1.54) is 17.2 Å². The highest BCUT2D eigenvalue weighted by Gasteiger charge is 2.31. The fraction of sp³-hybridized carbons (Fsp3) is 0.435. The first kappa shape index (κ1) is 20.1. The van der Waals surface area contributed by atoms with Gasteiger partial charge in [0.15, 0.2) is 5.75 Å². The first-order valence-corrected chi connectivity index (χ1v) is 12.0. The molecule has 166 valence electrons. The molecule has 1 atom stereocenters. The zero-order chi connectivity index (χ0) is 21.7. The maximum atomic E-state index is 14.7. The third-order valence-corrected chi connectivity index (χ3v) is 7.62. The summed E-state index contributed by atoms with van der Waals surface area (Å²) in [6.45, 7) is 3.94. The number of rotatable bonds is 5. The molecule has 0 unspecified atom stereocenters. The van der Waals surface area contributed by atoms with Crippen molar-refractivity contribution in [2.24, 2.45) is 0 Å². The minimum absolute atomic E-state index is 0.0181.